The van der Waals surface area contributed by atoms with Gasteiger partial charge in [0.15, 0.2) is 6.04 Å². The normalized spacial score (nSPS) is 12.1. The van der Waals surface area contributed by atoms with Crippen LogP contribution < -0.4 is 0 Å². The Kier molecular flexibility index (Phi) is 8.63. The van der Waals surface area contributed by atoms with Gasteiger partial charge in [-0.05, 0) is 23.3 Å². The molecule has 0 aliphatic rings. The third-order valence-corrected chi connectivity index (χ3v) is 3.26. The van der Waals surface area contributed by atoms with Crippen LogP contribution in [-0.2, 0) is 20.7 Å². The minimum Gasteiger partial charge on any atom is -0.480 e. The van der Waals surface area contributed by atoms with Crippen molar-refractivity contribution >= 4 is 16.5 Å². The van der Waals surface area contributed by atoms with E-state index in [0.29, 0.717) is 5.41 Å². The summed E-state index contributed by atoms with van der Waals surface area (Å²) in [5.74, 6) is -1.09. The number of hydrogen-bond acceptors (Lipinski definition) is 4. The molecule has 22 heavy (non-hydrogen) atoms. The molecule has 1 atom stereocenters. The summed E-state index contributed by atoms with van der Waals surface area (Å²) in [6.45, 7) is 10.3. The van der Waals surface area contributed by atoms with Gasteiger partial charge < -0.3 is 5.11 Å². The predicted molar refractivity (Wildman–Crippen MR) is 87.4 cm³/mol. The third kappa shape index (κ3) is 9.28. The molecule has 0 aliphatic carbocycles. The van der Waals surface area contributed by atoms with Crippen LogP contribution in [0, 0.1) is 5.92 Å². The van der Waals surface area contributed by atoms with E-state index >= 15 is 0 Å². The van der Waals surface area contributed by atoms with Gasteiger partial charge >= 0.3 is 16.5 Å². The molecule has 0 saturated carbocycles. The Morgan fingerprint density at radius 2 is 1.68 bits per heavy atom. The smallest absolute Gasteiger partial charge is 0.329 e. The Morgan fingerprint density at radius 1 is 1.18 bits per heavy atom. The van der Waals surface area contributed by atoms with Crippen LogP contribution in [0.5, 0.6) is 0 Å². The largest absolute Gasteiger partial charge is 0.480 e. The van der Waals surface area contributed by atoms with E-state index in [1.165, 1.54) is 5.56 Å². The lowest BCUT2D eigenvalue weighted by Gasteiger charge is -2.18. The number of rotatable bonds is 4. The highest BCUT2D eigenvalue weighted by Crippen LogP contribution is 2.20. The summed E-state index contributed by atoms with van der Waals surface area (Å²) < 4.78 is 23.2. The highest BCUT2D eigenvalue weighted by Gasteiger charge is 2.17. The molecule has 1 aromatic rings. The van der Waals surface area contributed by atoms with Crippen LogP contribution in [0.1, 0.15) is 46.6 Å². The highest BCUT2D eigenvalue weighted by atomic mass is 32.2. The molecule has 124 valence electrons. The number of carbonyl (C=O) groups is 1. The highest BCUT2D eigenvalue weighted by molar-refractivity contribution is 7.61. The average Bonchev–Trinajstić information content (AvgIpc) is 2.37. The Hall–Kier alpha value is -1.69. The van der Waals surface area contributed by atoms with E-state index in [9.17, 15) is 13.2 Å². The SMILES string of the molecule is CC(C)(C)c1ccccc1.CC(C)CC(N=S(=O)=O)C(=O)O. The van der Waals surface area contributed by atoms with Crippen LogP contribution in [0.15, 0.2) is 34.7 Å². The molecular formula is C16H25NO4S. The summed E-state index contributed by atoms with van der Waals surface area (Å²) in [7, 11) is -2.64. The Morgan fingerprint density at radius 3 is 1.95 bits per heavy atom. The summed E-state index contributed by atoms with van der Waals surface area (Å²) in [5, 5.41) is 8.50. The predicted octanol–water partition coefficient (Wildman–Crippen LogP) is 3.53. The summed E-state index contributed by atoms with van der Waals surface area (Å²) in [5.41, 5.74) is 1.69. The van der Waals surface area contributed by atoms with Crippen LogP contribution >= 0.6 is 0 Å². The molecule has 0 amide bonds. The molecule has 5 nitrogen and oxygen atoms in total. The van der Waals surface area contributed by atoms with Gasteiger partial charge in [-0.1, -0.05) is 65.0 Å². The molecule has 0 saturated heterocycles. The lowest BCUT2D eigenvalue weighted by atomic mass is 9.87. The topological polar surface area (TPSA) is 83.8 Å². The maximum Gasteiger partial charge on any atom is 0.329 e. The number of benzene rings is 1. The molecule has 0 aliphatic heterocycles. The van der Waals surface area contributed by atoms with Crippen molar-refractivity contribution in [1.82, 2.24) is 0 Å². The Bertz CT molecular complexity index is 578. The summed E-state index contributed by atoms with van der Waals surface area (Å²) in [6.07, 6.45) is 0.239. The molecule has 1 N–H and O–H groups in total. The van der Waals surface area contributed by atoms with Gasteiger partial charge in [-0.15, -0.1) is 0 Å². The van der Waals surface area contributed by atoms with Crippen LogP contribution in [-0.4, -0.2) is 25.5 Å². The van der Waals surface area contributed by atoms with E-state index in [4.69, 9.17) is 5.11 Å². The Labute approximate surface area is 134 Å². The lowest BCUT2D eigenvalue weighted by molar-refractivity contribution is -0.138. The van der Waals surface area contributed by atoms with Crippen molar-refractivity contribution in [2.45, 2.75) is 52.5 Å². The molecule has 6 heteroatoms. The molecule has 0 bridgehead atoms. The van der Waals surface area contributed by atoms with E-state index in [1.54, 1.807) is 13.8 Å². The number of aliphatic carboxylic acids is 1. The molecule has 0 heterocycles. The van der Waals surface area contributed by atoms with Gasteiger partial charge in [0, 0.05) is 0 Å². The fourth-order valence-corrected chi connectivity index (χ4v) is 2.06. The van der Waals surface area contributed by atoms with Crippen molar-refractivity contribution in [2.75, 3.05) is 0 Å². The second-order valence-corrected chi connectivity index (χ2v) is 7.07. The van der Waals surface area contributed by atoms with Gasteiger partial charge in [0.05, 0.1) is 0 Å². The van der Waals surface area contributed by atoms with E-state index in [2.05, 4.69) is 55.5 Å². The second-order valence-electron chi connectivity index (χ2n) is 6.42. The minimum atomic E-state index is -2.64. The van der Waals surface area contributed by atoms with Gasteiger partial charge in [-0.3, -0.25) is 0 Å². The van der Waals surface area contributed by atoms with Gasteiger partial charge in [-0.25, -0.2) is 4.79 Å². The zero-order valence-electron chi connectivity index (χ0n) is 13.8. The first-order valence-electron chi connectivity index (χ1n) is 7.12. The number of hydrogen-bond donors (Lipinski definition) is 1. The zero-order chi connectivity index (χ0) is 17.3. The first-order chi connectivity index (χ1) is 10.0. The number of carboxylic acid groups (broad SMARTS) is 1. The van der Waals surface area contributed by atoms with Crippen molar-refractivity contribution in [3.63, 3.8) is 0 Å². The summed E-state index contributed by atoms with van der Waals surface area (Å²) >= 11 is 0. The average molecular weight is 327 g/mol. The van der Waals surface area contributed by atoms with Gasteiger partial charge in [0.25, 0.3) is 0 Å². The Balaban J connectivity index is 0.000000406. The first-order valence-corrected chi connectivity index (χ1v) is 8.15. The molecule has 0 aromatic heterocycles. The zero-order valence-corrected chi connectivity index (χ0v) is 14.6. The quantitative estimate of drug-likeness (QED) is 0.917. The van der Waals surface area contributed by atoms with E-state index in [0.717, 1.165) is 0 Å². The van der Waals surface area contributed by atoms with Gasteiger partial charge in [0.2, 0.25) is 0 Å². The number of carboxylic acids is 1. The maximum absolute atomic E-state index is 10.4. The maximum atomic E-state index is 10.4. The fourth-order valence-electron chi connectivity index (χ4n) is 1.68. The van der Waals surface area contributed by atoms with Crippen molar-refractivity contribution in [3.8, 4) is 0 Å². The lowest BCUT2D eigenvalue weighted by Crippen LogP contribution is -2.19. The molecule has 0 radical (unpaired) electrons. The van der Waals surface area contributed by atoms with E-state index in [-0.39, 0.29) is 12.3 Å². The molecule has 1 aromatic carbocycles. The van der Waals surface area contributed by atoms with Crippen molar-refractivity contribution in [1.29, 1.82) is 0 Å². The van der Waals surface area contributed by atoms with Crippen LogP contribution in [0.2, 0.25) is 0 Å². The van der Waals surface area contributed by atoms with Gasteiger partial charge in [0.1, 0.15) is 0 Å². The van der Waals surface area contributed by atoms with Crippen molar-refractivity contribution < 1.29 is 18.3 Å². The summed E-state index contributed by atoms with van der Waals surface area (Å²) in [6, 6.07) is 9.42. The molecular weight excluding hydrogens is 302 g/mol. The fraction of sp³-hybridized carbons (Fsp3) is 0.562. The minimum absolute atomic E-state index is 0.110. The monoisotopic (exact) mass is 327 g/mol. The van der Waals surface area contributed by atoms with Crippen molar-refractivity contribution in [3.05, 3.63) is 35.9 Å². The van der Waals surface area contributed by atoms with E-state index in [1.807, 2.05) is 0 Å². The van der Waals surface area contributed by atoms with Crippen LogP contribution in [0.25, 0.3) is 0 Å². The second kappa shape index (κ2) is 9.35. The number of nitrogens with zero attached hydrogens (tertiary/aromatic N) is 1. The molecule has 0 spiro atoms. The molecule has 0 fully saturated rings. The molecule has 1 unspecified atom stereocenters. The molecule has 1 rings (SSSR count). The van der Waals surface area contributed by atoms with Crippen molar-refractivity contribution in [2.24, 2.45) is 10.3 Å². The standard InChI is InChI=1S/C10H14.C6H11NO4S/c1-10(2,3)9-7-5-4-6-8-9;1-4(2)3-5(6(8)9)7-12(10)11/h4-8H,1-3H3;4-5H,3H2,1-2H3,(H,8,9). The van der Waals surface area contributed by atoms with Crippen LogP contribution in [0.3, 0.4) is 0 Å². The third-order valence-electron chi connectivity index (χ3n) is 2.83. The van der Waals surface area contributed by atoms with Crippen LogP contribution in [0.4, 0.5) is 0 Å². The summed E-state index contributed by atoms with van der Waals surface area (Å²) in [4.78, 5) is 10.4. The van der Waals surface area contributed by atoms with E-state index < -0.39 is 22.5 Å². The first kappa shape index (κ1) is 20.3. The van der Waals surface area contributed by atoms with Gasteiger partial charge in [-0.2, -0.15) is 12.8 Å².